The van der Waals surface area contributed by atoms with Crippen LogP contribution in [0.4, 0.5) is 17.1 Å². The number of nitrogens with zero attached hydrogens (tertiary/aromatic N) is 3. The molecule has 0 aliphatic heterocycles. The fraction of sp³-hybridized carbons (Fsp3) is 0.0847. The van der Waals surface area contributed by atoms with Gasteiger partial charge in [0.1, 0.15) is 5.52 Å². The first-order chi connectivity index (χ1) is 30.6. The quantitative estimate of drug-likeness (QED) is 0.149. The standard InChI is InChI=1S/C59H43N3/c1-4-38(2)44-19-8-9-20-46(44)52-37-43(32-29-39(52)3)60(56-36-35-50-48-22-11-14-27-54(48)62-55-28-15-12-23-51(55)57(56)59(50)62)42-33-30-40(31-34-42)45-24-16-25-49-47-21-10-13-26-53(47)61(58(45)49)41-17-6-5-7-18-41/h5-14,16-27,29-38H,4H2,1-3H3. The van der Waals surface area contributed by atoms with Crippen LogP contribution in [0.3, 0.4) is 0 Å². The topological polar surface area (TPSA) is 12.6 Å². The zero-order chi connectivity index (χ0) is 41.5. The third kappa shape index (κ3) is 5.33. The molecule has 0 spiro atoms. The van der Waals surface area contributed by atoms with Crippen LogP contribution in [0.25, 0.3) is 87.8 Å². The first-order valence-electron chi connectivity index (χ1n) is 21.8. The van der Waals surface area contributed by atoms with E-state index in [1.165, 1.54) is 87.8 Å². The van der Waals surface area contributed by atoms with E-state index >= 15 is 0 Å². The molecule has 62 heavy (non-hydrogen) atoms. The molecular weight excluding hydrogens is 751 g/mol. The Morgan fingerprint density at radius 3 is 2.05 bits per heavy atom. The van der Waals surface area contributed by atoms with E-state index in [2.05, 4.69) is 229 Å². The van der Waals surface area contributed by atoms with Crippen molar-refractivity contribution in [2.75, 3.05) is 4.90 Å². The third-order valence-electron chi connectivity index (χ3n) is 13.3. The van der Waals surface area contributed by atoms with Crippen molar-refractivity contribution < 1.29 is 0 Å². The van der Waals surface area contributed by atoms with Crippen LogP contribution in [0.2, 0.25) is 0 Å². The van der Waals surface area contributed by atoms with E-state index in [0.717, 1.165) is 34.7 Å². The van der Waals surface area contributed by atoms with E-state index in [9.17, 15) is 0 Å². The van der Waals surface area contributed by atoms with Gasteiger partial charge in [0.15, 0.2) is 0 Å². The summed E-state index contributed by atoms with van der Waals surface area (Å²) < 4.78 is 4.82. The van der Waals surface area contributed by atoms with Crippen LogP contribution in [0.5, 0.6) is 0 Å². The van der Waals surface area contributed by atoms with Crippen LogP contribution < -0.4 is 4.90 Å². The van der Waals surface area contributed by atoms with Gasteiger partial charge in [0.2, 0.25) is 0 Å². The number of fused-ring (bicyclic) bond motifs is 9. The van der Waals surface area contributed by atoms with Crippen molar-refractivity contribution in [3.8, 4) is 27.9 Å². The van der Waals surface area contributed by atoms with Gasteiger partial charge in [-0.2, -0.15) is 0 Å². The highest BCUT2D eigenvalue weighted by Gasteiger charge is 2.25. The van der Waals surface area contributed by atoms with Crippen LogP contribution in [0.1, 0.15) is 37.3 Å². The second-order valence-corrected chi connectivity index (χ2v) is 16.7. The fourth-order valence-corrected chi connectivity index (χ4v) is 10.2. The highest BCUT2D eigenvalue weighted by molar-refractivity contribution is 6.27. The number of para-hydroxylation sites is 4. The number of anilines is 3. The molecule has 3 nitrogen and oxygen atoms in total. The highest BCUT2D eigenvalue weighted by atomic mass is 15.1. The average molecular weight is 794 g/mol. The predicted molar refractivity (Wildman–Crippen MR) is 262 cm³/mol. The molecule has 0 N–H and O–H groups in total. The second kappa shape index (κ2) is 14.2. The van der Waals surface area contributed by atoms with Crippen LogP contribution >= 0.6 is 0 Å². The molecule has 3 aromatic heterocycles. The molecule has 0 saturated heterocycles. The zero-order valence-corrected chi connectivity index (χ0v) is 35.0. The van der Waals surface area contributed by atoms with E-state index < -0.39 is 0 Å². The van der Waals surface area contributed by atoms with Crippen molar-refractivity contribution in [1.82, 2.24) is 8.97 Å². The largest absolute Gasteiger partial charge is 0.310 e. The molecule has 0 amide bonds. The van der Waals surface area contributed by atoms with E-state index in [1.54, 1.807) is 0 Å². The first-order valence-corrected chi connectivity index (χ1v) is 21.8. The lowest BCUT2D eigenvalue weighted by Crippen LogP contribution is -2.11. The summed E-state index contributed by atoms with van der Waals surface area (Å²) in [5.41, 5.74) is 17.9. The van der Waals surface area contributed by atoms with Crippen molar-refractivity contribution in [2.24, 2.45) is 0 Å². The molecule has 1 atom stereocenters. The molecule has 0 radical (unpaired) electrons. The molecule has 9 aromatic carbocycles. The molecule has 0 bridgehead atoms. The van der Waals surface area contributed by atoms with E-state index in [0.29, 0.717) is 5.92 Å². The van der Waals surface area contributed by atoms with Gasteiger partial charge < -0.3 is 13.9 Å². The van der Waals surface area contributed by atoms with Gasteiger partial charge in [0, 0.05) is 54.9 Å². The monoisotopic (exact) mass is 793 g/mol. The number of hydrogen-bond acceptors (Lipinski definition) is 1. The summed E-state index contributed by atoms with van der Waals surface area (Å²) >= 11 is 0. The molecular formula is C59H43N3. The molecule has 12 rings (SSSR count). The summed E-state index contributed by atoms with van der Waals surface area (Å²) in [6.07, 6.45) is 1.08. The highest BCUT2D eigenvalue weighted by Crippen LogP contribution is 2.48. The van der Waals surface area contributed by atoms with Gasteiger partial charge in [-0.1, -0.05) is 141 Å². The molecule has 3 heteroatoms. The second-order valence-electron chi connectivity index (χ2n) is 16.7. The molecule has 0 fully saturated rings. The van der Waals surface area contributed by atoms with Gasteiger partial charge in [-0.25, -0.2) is 0 Å². The SMILES string of the molecule is CCC(C)c1ccccc1-c1cc(N(c2ccc(-c3cccc4c5ccccc5n(-c5ccccc5)c34)cc2)c2ccc3c4ccccc4n4c5c#cccc5c2c34)ccc1C. The maximum atomic E-state index is 3.52. The molecule has 0 saturated carbocycles. The zero-order valence-electron chi connectivity index (χ0n) is 35.0. The van der Waals surface area contributed by atoms with Crippen molar-refractivity contribution in [2.45, 2.75) is 33.1 Å². The van der Waals surface area contributed by atoms with Crippen molar-refractivity contribution in [1.29, 1.82) is 0 Å². The average Bonchev–Trinajstić information content (AvgIpc) is 3.98. The molecule has 3 heterocycles. The van der Waals surface area contributed by atoms with E-state index in [1.807, 2.05) is 6.07 Å². The van der Waals surface area contributed by atoms with Gasteiger partial charge in [-0.3, -0.25) is 0 Å². The molecule has 0 aliphatic rings. The van der Waals surface area contributed by atoms with E-state index in [-0.39, 0.29) is 0 Å². The fourth-order valence-electron chi connectivity index (χ4n) is 10.2. The van der Waals surface area contributed by atoms with Gasteiger partial charge in [0.05, 0.1) is 27.8 Å². The Morgan fingerprint density at radius 2 is 1.23 bits per heavy atom. The van der Waals surface area contributed by atoms with Gasteiger partial charge in [0.25, 0.3) is 0 Å². The maximum absolute atomic E-state index is 3.52. The van der Waals surface area contributed by atoms with Crippen molar-refractivity contribution >= 4 is 77.0 Å². The lowest BCUT2D eigenvalue weighted by atomic mass is 9.88. The Labute approximate surface area is 361 Å². The lowest BCUT2D eigenvalue weighted by molar-refractivity contribution is 0.735. The minimum atomic E-state index is 0.442. The van der Waals surface area contributed by atoms with Crippen molar-refractivity contribution in [3.63, 3.8) is 0 Å². The van der Waals surface area contributed by atoms with Crippen molar-refractivity contribution in [3.05, 3.63) is 211 Å². The summed E-state index contributed by atoms with van der Waals surface area (Å²) in [6.45, 7) is 6.87. The van der Waals surface area contributed by atoms with Crippen LogP contribution in [0, 0.1) is 19.1 Å². The van der Waals surface area contributed by atoms with E-state index in [4.69, 9.17) is 0 Å². The predicted octanol–water partition coefficient (Wildman–Crippen LogP) is 16.2. The molecule has 0 aliphatic carbocycles. The minimum Gasteiger partial charge on any atom is -0.310 e. The number of hydrogen-bond donors (Lipinski definition) is 0. The Morgan fingerprint density at radius 1 is 0.548 bits per heavy atom. The number of benzene rings is 8. The van der Waals surface area contributed by atoms with Gasteiger partial charge in [-0.05, 0) is 120 Å². The number of aromatic nitrogens is 2. The first kappa shape index (κ1) is 36.1. The lowest BCUT2D eigenvalue weighted by Gasteiger charge is -2.28. The summed E-state index contributed by atoms with van der Waals surface area (Å²) in [5, 5.41) is 7.37. The Balaban J connectivity index is 1.10. The summed E-state index contributed by atoms with van der Waals surface area (Å²) in [7, 11) is 0. The Hall–Kier alpha value is -7.80. The Kier molecular flexibility index (Phi) is 8.24. The summed E-state index contributed by atoms with van der Waals surface area (Å²) in [4.78, 5) is 2.47. The molecule has 294 valence electrons. The van der Waals surface area contributed by atoms with Gasteiger partial charge >= 0.3 is 0 Å². The van der Waals surface area contributed by atoms with Crippen LogP contribution in [0.15, 0.2) is 188 Å². The minimum absolute atomic E-state index is 0.442. The Bertz CT molecular complexity index is 3640. The normalized spacial score (nSPS) is 12.3. The summed E-state index contributed by atoms with van der Waals surface area (Å²) in [5.74, 6) is 0.442. The van der Waals surface area contributed by atoms with Crippen LogP contribution in [-0.4, -0.2) is 8.97 Å². The third-order valence-corrected chi connectivity index (χ3v) is 13.3. The van der Waals surface area contributed by atoms with Gasteiger partial charge in [-0.15, -0.1) is 0 Å². The maximum Gasteiger partial charge on any atom is 0.105 e. The molecule has 1 unspecified atom stereocenters. The van der Waals surface area contributed by atoms with Crippen LogP contribution in [-0.2, 0) is 0 Å². The number of aryl methyl sites for hydroxylation is 1. The molecule has 12 aromatic rings. The summed E-state index contributed by atoms with van der Waals surface area (Å²) in [6, 6.07) is 75.9. The number of rotatable bonds is 8. The smallest absolute Gasteiger partial charge is 0.105 e.